The second-order valence-corrected chi connectivity index (χ2v) is 5.73. The SMILES string of the molecule is Cc1ccc(NC=C(C#N)C#N)cc1N1C(=O)C2CCCN2C1=O. The van der Waals surface area contributed by atoms with E-state index >= 15 is 0 Å². The highest BCUT2D eigenvalue weighted by molar-refractivity contribution is 6.22. The summed E-state index contributed by atoms with van der Waals surface area (Å²) >= 11 is 0. The quantitative estimate of drug-likeness (QED) is 0.680. The number of nitrogens with zero attached hydrogens (tertiary/aromatic N) is 4. The number of imide groups is 1. The summed E-state index contributed by atoms with van der Waals surface area (Å²) in [5.74, 6) is -0.192. The summed E-state index contributed by atoms with van der Waals surface area (Å²) in [4.78, 5) is 27.9. The first-order valence-electron chi connectivity index (χ1n) is 7.59. The molecule has 7 nitrogen and oxygen atoms in total. The van der Waals surface area contributed by atoms with Crippen LogP contribution in [0.2, 0.25) is 0 Å². The predicted octanol–water partition coefficient (Wildman–Crippen LogP) is 2.27. The molecule has 3 amide bonds. The molecule has 0 spiro atoms. The van der Waals surface area contributed by atoms with Gasteiger partial charge in [-0.25, -0.2) is 9.69 Å². The predicted molar refractivity (Wildman–Crippen MR) is 86.7 cm³/mol. The molecule has 0 saturated carbocycles. The Bertz CT molecular complexity index is 792. The van der Waals surface area contributed by atoms with E-state index in [0.717, 1.165) is 12.0 Å². The van der Waals surface area contributed by atoms with Gasteiger partial charge in [-0.15, -0.1) is 0 Å². The maximum Gasteiger partial charge on any atom is 0.332 e. The molecule has 1 aromatic carbocycles. The molecule has 2 fully saturated rings. The number of fused-ring (bicyclic) bond motifs is 1. The average Bonchev–Trinajstić information content (AvgIpc) is 3.15. The summed E-state index contributed by atoms with van der Waals surface area (Å²) in [5, 5.41) is 20.4. The highest BCUT2D eigenvalue weighted by atomic mass is 16.2. The van der Waals surface area contributed by atoms with Gasteiger partial charge in [0.25, 0.3) is 5.91 Å². The molecular weight excluding hydrogens is 306 g/mol. The minimum absolute atomic E-state index is 0.0638. The maximum absolute atomic E-state index is 12.6. The molecule has 2 aliphatic heterocycles. The zero-order valence-electron chi connectivity index (χ0n) is 13.1. The highest BCUT2D eigenvalue weighted by Crippen LogP contribution is 2.34. The van der Waals surface area contributed by atoms with Crippen LogP contribution in [0.3, 0.4) is 0 Å². The molecule has 1 N–H and O–H groups in total. The van der Waals surface area contributed by atoms with Gasteiger partial charge in [0.1, 0.15) is 23.8 Å². The van der Waals surface area contributed by atoms with Crippen molar-refractivity contribution in [2.45, 2.75) is 25.8 Å². The van der Waals surface area contributed by atoms with Gasteiger partial charge in [0, 0.05) is 18.4 Å². The van der Waals surface area contributed by atoms with Crippen molar-refractivity contribution in [3.05, 3.63) is 35.5 Å². The Hall–Kier alpha value is -3.32. The number of carbonyl (C=O) groups excluding carboxylic acids is 2. The summed E-state index contributed by atoms with van der Waals surface area (Å²) < 4.78 is 0. The zero-order chi connectivity index (χ0) is 17.3. The number of carbonyl (C=O) groups is 2. The number of amides is 3. The van der Waals surface area contributed by atoms with Gasteiger partial charge in [-0.05, 0) is 37.5 Å². The van der Waals surface area contributed by atoms with Crippen LogP contribution in [0.15, 0.2) is 30.0 Å². The molecule has 1 atom stereocenters. The van der Waals surface area contributed by atoms with Gasteiger partial charge >= 0.3 is 6.03 Å². The van der Waals surface area contributed by atoms with Gasteiger partial charge in [0.05, 0.1) is 5.69 Å². The minimum Gasteiger partial charge on any atom is -0.360 e. The smallest absolute Gasteiger partial charge is 0.332 e. The Morgan fingerprint density at radius 2 is 2.08 bits per heavy atom. The summed E-state index contributed by atoms with van der Waals surface area (Å²) in [6, 6.07) is 8.10. The first kappa shape index (κ1) is 15.6. The number of urea groups is 1. The number of aryl methyl sites for hydroxylation is 1. The molecule has 2 heterocycles. The first-order chi connectivity index (χ1) is 11.6. The van der Waals surface area contributed by atoms with Crippen molar-refractivity contribution in [1.29, 1.82) is 10.5 Å². The van der Waals surface area contributed by atoms with Crippen LogP contribution in [0.5, 0.6) is 0 Å². The molecule has 24 heavy (non-hydrogen) atoms. The molecule has 0 aromatic heterocycles. The summed E-state index contributed by atoms with van der Waals surface area (Å²) in [6.07, 6.45) is 2.85. The number of benzene rings is 1. The third-order valence-corrected chi connectivity index (χ3v) is 4.27. The highest BCUT2D eigenvalue weighted by Gasteiger charge is 2.48. The number of rotatable bonds is 3. The van der Waals surface area contributed by atoms with Gasteiger partial charge < -0.3 is 10.2 Å². The summed E-state index contributed by atoms with van der Waals surface area (Å²) in [6.45, 7) is 2.44. The molecule has 7 heteroatoms. The van der Waals surface area contributed by atoms with Crippen LogP contribution in [-0.2, 0) is 4.79 Å². The van der Waals surface area contributed by atoms with E-state index in [1.165, 1.54) is 11.1 Å². The molecule has 2 saturated heterocycles. The number of nitrogens with one attached hydrogen (secondary N) is 1. The fraction of sp³-hybridized carbons (Fsp3) is 0.294. The van der Waals surface area contributed by atoms with E-state index in [9.17, 15) is 9.59 Å². The Morgan fingerprint density at radius 1 is 1.33 bits per heavy atom. The van der Waals surface area contributed by atoms with Crippen molar-refractivity contribution < 1.29 is 9.59 Å². The van der Waals surface area contributed by atoms with Crippen molar-refractivity contribution in [2.24, 2.45) is 0 Å². The lowest BCUT2D eigenvalue weighted by atomic mass is 10.1. The maximum atomic E-state index is 12.6. The van der Waals surface area contributed by atoms with E-state index in [4.69, 9.17) is 10.5 Å². The van der Waals surface area contributed by atoms with Crippen molar-refractivity contribution >= 4 is 23.3 Å². The largest absolute Gasteiger partial charge is 0.360 e. The second kappa shape index (κ2) is 6.05. The van der Waals surface area contributed by atoms with E-state index in [0.29, 0.717) is 24.3 Å². The zero-order valence-corrected chi connectivity index (χ0v) is 13.1. The summed E-state index contributed by atoms with van der Waals surface area (Å²) in [7, 11) is 0. The standard InChI is InChI=1S/C17H15N5O2/c1-11-4-5-13(20-10-12(8-18)9-19)7-15(11)22-16(23)14-3-2-6-21(14)17(22)24/h4-5,7,10,14,20H,2-3,6H2,1H3. The molecule has 120 valence electrons. The number of hydrogen-bond donors (Lipinski definition) is 1. The lowest BCUT2D eigenvalue weighted by Crippen LogP contribution is -2.33. The van der Waals surface area contributed by atoms with E-state index in [2.05, 4.69) is 5.32 Å². The van der Waals surface area contributed by atoms with Gasteiger partial charge in [-0.3, -0.25) is 4.79 Å². The van der Waals surface area contributed by atoms with Crippen LogP contribution < -0.4 is 10.2 Å². The van der Waals surface area contributed by atoms with Crippen LogP contribution >= 0.6 is 0 Å². The Labute approximate surface area is 139 Å². The molecule has 2 aliphatic rings. The molecule has 0 radical (unpaired) electrons. The topological polar surface area (TPSA) is 100 Å². The van der Waals surface area contributed by atoms with Gasteiger partial charge in [0.2, 0.25) is 0 Å². The summed E-state index contributed by atoms with van der Waals surface area (Å²) in [5.41, 5.74) is 1.85. The van der Waals surface area contributed by atoms with Crippen LogP contribution in [0.1, 0.15) is 18.4 Å². The number of anilines is 2. The Balaban J connectivity index is 1.92. The van der Waals surface area contributed by atoms with Crippen LogP contribution in [0.25, 0.3) is 0 Å². The first-order valence-corrected chi connectivity index (χ1v) is 7.59. The van der Waals surface area contributed by atoms with E-state index in [1.54, 1.807) is 35.2 Å². The normalized spacial score (nSPS) is 18.9. The van der Waals surface area contributed by atoms with E-state index in [1.807, 2.05) is 6.92 Å². The minimum atomic E-state index is -0.350. The third kappa shape index (κ3) is 2.46. The third-order valence-electron chi connectivity index (χ3n) is 4.27. The number of hydrogen-bond acceptors (Lipinski definition) is 5. The van der Waals surface area contributed by atoms with Crippen LogP contribution in [0.4, 0.5) is 16.2 Å². The molecule has 0 bridgehead atoms. The Morgan fingerprint density at radius 3 is 2.75 bits per heavy atom. The van der Waals surface area contributed by atoms with Crippen molar-refractivity contribution in [2.75, 3.05) is 16.8 Å². The second-order valence-electron chi connectivity index (χ2n) is 5.73. The number of nitriles is 2. The lowest BCUT2D eigenvalue weighted by molar-refractivity contribution is -0.119. The lowest BCUT2D eigenvalue weighted by Gasteiger charge is -2.18. The van der Waals surface area contributed by atoms with E-state index in [-0.39, 0.29) is 23.6 Å². The van der Waals surface area contributed by atoms with Crippen LogP contribution in [-0.4, -0.2) is 29.4 Å². The molecule has 0 aliphatic carbocycles. The van der Waals surface area contributed by atoms with Gasteiger partial charge in [-0.1, -0.05) is 6.07 Å². The fourth-order valence-corrected chi connectivity index (χ4v) is 3.03. The molecule has 1 aromatic rings. The molecule has 3 rings (SSSR count). The molecule has 1 unspecified atom stereocenters. The van der Waals surface area contributed by atoms with Gasteiger partial charge in [0.15, 0.2) is 0 Å². The fourth-order valence-electron chi connectivity index (χ4n) is 3.03. The molecular formula is C17H15N5O2. The average molecular weight is 321 g/mol. The van der Waals surface area contributed by atoms with Gasteiger partial charge in [-0.2, -0.15) is 10.5 Å². The monoisotopic (exact) mass is 321 g/mol. The van der Waals surface area contributed by atoms with Crippen molar-refractivity contribution in [3.63, 3.8) is 0 Å². The Kier molecular flexibility index (Phi) is 3.93. The van der Waals surface area contributed by atoms with Crippen molar-refractivity contribution in [1.82, 2.24) is 4.90 Å². The van der Waals surface area contributed by atoms with Crippen LogP contribution in [0, 0.1) is 29.6 Å². The number of allylic oxidation sites excluding steroid dienone is 1. The van der Waals surface area contributed by atoms with E-state index < -0.39 is 0 Å². The van der Waals surface area contributed by atoms with Crippen molar-refractivity contribution in [3.8, 4) is 12.1 Å².